The number of hydrogen-bond acceptors (Lipinski definition) is 6. The molecule has 136 valence electrons. The molecular formula is C19H19NO6. The zero-order chi connectivity index (χ0) is 18.9. The molecular weight excluding hydrogens is 338 g/mol. The Labute approximate surface area is 151 Å². The lowest BCUT2D eigenvalue weighted by molar-refractivity contribution is -0.384. The van der Waals surface area contributed by atoms with Gasteiger partial charge in [-0.15, -0.1) is 6.58 Å². The van der Waals surface area contributed by atoms with Crippen molar-refractivity contribution in [2.24, 2.45) is 0 Å². The molecule has 0 unspecified atom stereocenters. The van der Waals surface area contributed by atoms with E-state index in [1.165, 1.54) is 31.4 Å². The van der Waals surface area contributed by atoms with Crippen molar-refractivity contribution in [3.8, 4) is 11.5 Å². The molecule has 0 aliphatic rings. The third kappa shape index (κ3) is 5.34. The second-order valence-corrected chi connectivity index (χ2v) is 5.35. The molecule has 0 aromatic heterocycles. The second kappa shape index (κ2) is 9.22. The van der Waals surface area contributed by atoms with E-state index in [-0.39, 0.29) is 18.9 Å². The van der Waals surface area contributed by atoms with Gasteiger partial charge in [-0.2, -0.15) is 0 Å². The number of benzene rings is 2. The predicted octanol–water partition coefficient (Wildman–Crippen LogP) is 3.45. The van der Waals surface area contributed by atoms with Crippen molar-refractivity contribution >= 4 is 11.7 Å². The molecule has 0 aliphatic carbocycles. The van der Waals surface area contributed by atoms with E-state index >= 15 is 0 Å². The summed E-state index contributed by atoms with van der Waals surface area (Å²) in [6.07, 6.45) is 2.48. The number of hydrogen-bond donors (Lipinski definition) is 0. The molecule has 0 N–H and O–H groups in total. The van der Waals surface area contributed by atoms with E-state index in [1.54, 1.807) is 12.1 Å². The topological polar surface area (TPSA) is 87.9 Å². The van der Waals surface area contributed by atoms with Gasteiger partial charge in [0.2, 0.25) is 0 Å². The Morgan fingerprint density at radius 3 is 2.46 bits per heavy atom. The Morgan fingerprint density at radius 1 is 1.15 bits per heavy atom. The van der Waals surface area contributed by atoms with Crippen LogP contribution in [0.5, 0.6) is 11.5 Å². The fraction of sp³-hybridized carbons (Fsp3) is 0.211. The molecule has 0 heterocycles. The minimum Gasteiger partial charge on any atom is -0.493 e. The molecule has 7 heteroatoms. The summed E-state index contributed by atoms with van der Waals surface area (Å²) in [6.45, 7) is 3.42. The fourth-order valence-corrected chi connectivity index (χ4v) is 2.18. The first-order valence-corrected chi connectivity index (χ1v) is 7.83. The Kier molecular flexibility index (Phi) is 6.73. The first-order valence-electron chi connectivity index (χ1n) is 7.83. The van der Waals surface area contributed by atoms with E-state index < -0.39 is 10.9 Å². The predicted molar refractivity (Wildman–Crippen MR) is 95.3 cm³/mol. The van der Waals surface area contributed by atoms with Crippen LogP contribution in [-0.4, -0.2) is 24.6 Å². The standard InChI is InChI=1S/C19H19NO6/c1-3-4-14-7-10-17(18(11-14)24-2)25-13-19(21)26-12-15-5-8-16(9-6-15)20(22)23/h3,5-11H,1,4,12-13H2,2H3. The number of methoxy groups -OCH3 is 1. The molecule has 7 nitrogen and oxygen atoms in total. The van der Waals surface area contributed by atoms with Crippen molar-refractivity contribution in [3.63, 3.8) is 0 Å². The third-order valence-electron chi connectivity index (χ3n) is 3.50. The Hall–Kier alpha value is -3.35. The van der Waals surface area contributed by atoms with Gasteiger partial charge in [0.25, 0.3) is 5.69 Å². The Bertz CT molecular complexity index is 785. The van der Waals surface area contributed by atoms with Crippen LogP contribution in [0.3, 0.4) is 0 Å². The van der Waals surface area contributed by atoms with Gasteiger partial charge >= 0.3 is 5.97 Å². The first kappa shape index (κ1) is 19.0. The second-order valence-electron chi connectivity index (χ2n) is 5.35. The largest absolute Gasteiger partial charge is 0.493 e. The number of nitro benzene ring substituents is 1. The maximum atomic E-state index is 11.8. The molecule has 0 fully saturated rings. The third-order valence-corrected chi connectivity index (χ3v) is 3.50. The first-order chi connectivity index (χ1) is 12.5. The van der Waals surface area contributed by atoms with E-state index in [0.29, 0.717) is 23.5 Å². The molecule has 0 spiro atoms. The van der Waals surface area contributed by atoms with Gasteiger partial charge < -0.3 is 14.2 Å². The van der Waals surface area contributed by atoms with E-state index in [0.717, 1.165) is 5.56 Å². The van der Waals surface area contributed by atoms with E-state index in [2.05, 4.69) is 6.58 Å². The summed E-state index contributed by atoms with van der Waals surface area (Å²) < 4.78 is 15.8. The summed E-state index contributed by atoms with van der Waals surface area (Å²) in [6, 6.07) is 11.2. The molecule has 0 amide bonds. The molecule has 2 aromatic carbocycles. The maximum Gasteiger partial charge on any atom is 0.344 e. The van der Waals surface area contributed by atoms with Gasteiger partial charge in [-0.3, -0.25) is 10.1 Å². The number of esters is 1. The zero-order valence-corrected chi connectivity index (χ0v) is 14.3. The highest BCUT2D eigenvalue weighted by Crippen LogP contribution is 2.28. The van der Waals surface area contributed by atoms with Crippen molar-refractivity contribution in [1.29, 1.82) is 0 Å². The number of non-ortho nitro benzene ring substituents is 1. The lowest BCUT2D eigenvalue weighted by Gasteiger charge is -2.11. The molecule has 0 atom stereocenters. The van der Waals surface area contributed by atoms with Crippen LogP contribution >= 0.6 is 0 Å². The molecule has 0 bridgehead atoms. The molecule has 0 saturated carbocycles. The van der Waals surface area contributed by atoms with Gasteiger partial charge in [0.15, 0.2) is 18.1 Å². The van der Waals surface area contributed by atoms with Crippen LogP contribution < -0.4 is 9.47 Å². The van der Waals surface area contributed by atoms with Gasteiger partial charge in [0.1, 0.15) is 6.61 Å². The monoisotopic (exact) mass is 357 g/mol. The lowest BCUT2D eigenvalue weighted by atomic mass is 10.1. The smallest absolute Gasteiger partial charge is 0.344 e. The Balaban J connectivity index is 1.86. The molecule has 0 saturated heterocycles. The van der Waals surface area contributed by atoms with Crippen LogP contribution in [0.25, 0.3) is 0 Å². The van der Waals surface area contributed by atoms with Gasteiger partial charge in [0, 0.05) is 12.1 Å². The van der Waals surface area contributed by atoms with Crippen LogP contribution in [0.1, 0.15) is 11.1 Å². The number of rotatable bonds is 9. The molecule has 26 heavy (non-hydrogen) atoms. The zero-order valence-electron chi connectivity index (χ0n) is 14.3. The van der Waals surface area contributed by atoms with E-state index in [1.807, 2.05) is 12.1 Å². The van der Waals surface area contributed by atoms with Crippen molar-refractivity contribution < 1.29 is 23.9 Å². The van der Waals surface area contributed by atoms with Gasteiger partial charge in [0.05, 0.1) is 12.0 Å². The normalized spacial score (nSPS) is 10.0. The number of nitrogens with zero attached hydrogens (tertiary/aromatic N) is 1. The van der Waals surface area contributed by atoms with Crippen molar-refractivity contribution in [2.45, 2.75) is 13.0 Å². The SMILES string of the molecule is C=CCc1ccc(OCC(=O)OCc2ccc([N+](=O)[O-])cc2)c(OC)c1. The number of carbonyl (C=O) groups excluding carboxylic acids is 1. The van der Waals surface area contributed by atoms with Crippen LogP contribution in [-0.2, 0) is 22.6 Å². The summed E-state index contributed by atoms with van der Waals surface area (Å²) in [7, 11) is 1.52. The van der Waals surface area contributed by atoms with Crippen LogP contribution in [0.4, 0.5) is 5.69 Å². The van der Waals surface area contributed by atoms with Gasteiger partial charge in [-0.1, -0.05) is 12.1 Å². The summed E-state index contributed by atoms with van der Waals surface area (Å²) in [5.41, 5.74) is 1.65. The molecule has 0 aliphatic heterocycles. The number of allylic oxidation sites excluding steroid dienone is 1. The summed E-state index contributed by atoms with van der Waals surface area (Å²) in [4.78, 5) is 21.9. The Morgan fingerprint density at radius 2 is 1.85 bits per heavy atom. The highest BCUT2D eigenvalue weighted by Gasteiger charge is 2.10. The average Bonchev–Trinajstić information content (AvgIpc) is 2.65. The number of nitro groups is 1. The molecule has 2 aromatic rings. The number of ether oxygens (including phenoxy) is 3. The summed E-state index contributed by atoms with van der Waals surface area (Å²) in [5.74, 6) is 0.403. The average molecular weight is 357 g/mol. The quantitative estimate of drug-likeness (QED) is 0.296. The van der Waals surface area contributed by atoms with Crippen LogP contribution in [0.15, 0.2) is 55.1 Å². The van der Waals surface area contributed by atoms with Crippen molar-refractivity contribution in [3.05, 3.63) is 76.4 Å². The minimum atomic E-state index is -0.555. The molecule has 2 rings (SSSR count). The van der Waals surface area contributed by atoms with E-state index in [9.17, 15) is 14.9 Å². The van der Waals surface area contributed by atoms with Crippen molar-refractivity contribution in [1.82, 2.24) is 0 Å². The van der Waals surface area contributed by atoms with Crippen LogP contribution in [0.2, 0.25) is 0 Å². The highest BCUT2D eigenvalue weighted by molar-refractivity contribution is 5.71. The fourth-order valence-electron chi connectivity index (χ4n) is 2.18. The summed E-state index contributed by atoms with van der Waals surface area (Å²) >= 11 is 0. The van der Waals surface area contributed by atoms with Crippen LogP contribution in [0, 0.1) is 10.1 Å². The minimum absolute atomic E-state index is 0.00952. The lowest BCUT2D eigenvalue weighted by Crippen LogP contribution is -2.15. The highest BCUT2D eigenvalue weighted by atomic mass is 16.6. The summed E-state index contributed by atoms with van der Waals surface area (Å²) in [5, 5.41) is 10.6. The maximum absolute atomic E-state index is 11.8. The molecule has 0 radical (unpaired) electrons. The van der Waals surface area contributed by atoms with Gasteiger partial charge in [-0.25, -0.2) is 4.79 Å². The van der Waals surface area contributed by atoms with Gasteiger partial charge in [-0.05, 0) is 41.8 Å². The van der Waals surface area contributed by atoms with Crippen molar-refractivity contribution in [2.75, 3.05) is 13.7 Å². The van der Waals surface area contributed by atoms with E-state index in [4.69, 9.17) is 14.2 Å². The number of carbonyl (C=O) groups is 1.